The molecule has 2 rings (SSSR count). The smallest absolute Gasteiger partial charge is 0.0584 e. The lowest BCUT2D eigenvalue weighted by Gasteiger charge is -2.27. The monoisotopic (exact) mass is 183 g/mol. The molecule has 2 N–H and O–H groups in total. The number of hydrogen-bond acceptors (Lipinski definition) is 2. The van der Waals surface area contributed by atoms with Gasteiger partial charge in [0.1, 0.15) is 0 Å². The summed E-state index contributed by atoms with van der Waals surface area (Å²) in [5, 5.41) is 12.7. The fourth-order valence-electron chi connectivity index (χ4n) is 3.05. The van der Waals surface area contributed by atoms with E-state index in [9.17, 15) is 0 Å². The zero-order chi connectivity index (χ0) is 9.26. The Bertz CT molecular complexity index is 167. The molecule has 4 atom stereocenters. The molecule has 0 aromatic heterocycles. The van der Waals surface area contributed by atoms with Crippen molar-refractivity contribution in [3.05, 3.63) is 0 Å². The van der Waals surface area contributed by atoms with Crippen LogP contribution in [0.4, 0.5) is 0 Å². The molecule has 13 heavy (non-hydrogen) atoms. The first-order valence-corrected chi connectivity index (χ1v) is 5.70. The summed E-state index contributed by atoms with van der Waals surface area (Å²) in [6, 6.07) is 1.06. The van der Waals surface area contributed by atoms with Gasteiger partial charge in [0.15, 0.2) is 0 Å². The van der Waals surface area contributed by atoms with Gasteiger partial charge in [-0.2, -0.15) is 0 Å². The molecule has 0 saturated heterocycles. The van der Waals surface area contributed by atoms with Crippen molar-refractivity contribution >= 4 is 0 Å². The summed E-state index contributed by atoms with van der Waals surface area (Å²) in [6.45, 7) is 2.44. The van der Waals surface area contributed by atoms with E-state index in [1.165, 1.54) is 25.7 Å². The van der Waals surface area contributed by atoms with Gasteiger partial charge in [0.05, 0.1) is 6.61 Å². The third-order valence-corrected chi connectivity index (χ3v) is 3.90. The van der Waals surface area contributed by atoms with Gasteiger partial charge in [-0.15, -0.1) is 0 Å². The number of rotatable bonds is 4. The van der Waals surface area contributed by atoms with Gasteiger partial charge < -0.3 is 10.4 Å². The van der Waals surface area contributed by atoms with Gasteiger partial charge in [-0.3, -0.25) is 0 Å². The van der Waals surface area contributed by atoms with E-state index in [0.29, 0.717) is 12.6 Å². The molecule has 2 bridgehead atoms. The van der Waals surface area contributed by atoms with Crippen molar-refractivity contribution in [2.24, 2.45) is 11.8 Å². The van der Waals surface area contributed by atoms with E-state index >= 15 is 0 Å². The average molecular weight is 183 g/mol. The summed E-state index contributed by atoms with van der Waals surface area (Å²) in [6.07, 6.45) is 6.73. The van der Waals surface area contributed by atoms with Crippen LogP contribution in [0.2, 0.25) is 0 Å². The van der Waals surface area contributed by atoms with Gasteiger partial charge in [-0.05, 0) is 37.5 Å². The van der Waals surface area contributed by atoms with Crippen molar-refractivity contribution in [1.29, 1.82) is 0 Å². The quantitative estimate of drug-likeness (QED) is 0.693. The summed E-state index contributed by atoms with van der Waals surface area (Å²) in [7, 11) is 0. The molecule has 76 valence electrons. The third kappa shape index (κ3) is 1.89. The molecular formula is C11H21NO. The summed E-state index contributed by atoms with van der Waals surface area (Å²) in [5.41, 5.74) is 0. The minimum atomic E-state index is 0.296. The van der Waals surface area contributed by atoms with Crippen LogP contribution in [0.1, 0.15) is 39.0 Å². The minimum absolute atomic E-state index is 0.296. The van der Waals surface area contributed by atoms with E-state index in [0.717, 1.165) is 24.3 Å². The second-order valence-corrected chi connectivity index (χ2v) is 4.74. The molecule has 0 amide bonds. The minimum Gasteiger partial charge on any atom is -0.395 e. The van der Waals surface area contributed by atoms with Gasteiger partial charge in [-0.25, -0.2) is 0 Å². The molecule has 4 unspecified atom stereocenters. The van der Waals surface area contributed by atoms with Crippen molar-refractivity contribution in [3.63, 3.8) is 0 Å². The maximum absolute atomic E-state index is 9.09. The first-order valence-electron chi connectivity index (χ1n) is 5.70. The fourth-order valence-corrected chi connectivity index (χ4v) is 3.05. The van der Waals surface area contributed by atoms with Crippen molar-refractivity contribution < 1.29 is 5.11 Å². The Morgan fingerprint density at radius 2 is 2.23 bits per heavy atom. The topological polar surface area (TPSA) is 32.3 Å². The Morgan fingerprint density at radius 1 is 1.38 bits per heavy atom. The highest BCUT2D eigenvalue weighted by atomic mass is 16.3. The Kier molecular flexibility index (Phi) is 2.89. The molecule has 0 aromatic carbocycles. The zero-order valence-corrected chi connectivity index (χ0v) is 8.50. The lowest BCUT2D eigenvalue weighted by Crippen LogP contribution is -2.42. The number of nitrogens with one attached hydrogen (secondary N) is 1. The lowest BCUT2D eigenvalue weighted by molar-refractivity contribution is 0.210. The van der Waals surface area contributed by atoms with Crippen molar-refractivity contribution in [2.75, 3.05) is 6.61 Å². The van der Waals surface area contributed by atoms with E-state index in [1.54, 1.807) is 0 Å². The van der Waals surface area contributed by atoms with Gasteiger partial charge in [-0.1, -0.05) is 13.3 Å². The summed E-state index contributed by atoms with van der Waals surface area (Å²) >= 11 is 0. The van der Waals surface area contributed by atoms with Crippen LogP contribution >= 0.6 is 0 Å². The molecule has 2 heteroatoms. The molecule has 0 aromatic rings. The number of hydrogen-bond donors (Lipinski definition) is 2. The average Bonchev–Trinajstić information content (AvgIpc) is 2.75. The Balaban J connectivity index is 1.82. The largest absolute Gasteiger partial charge is 0.395 e. The fraction of sp³-hybridized carbons (Fsp3) is 1.00. The van der Waals surface area contributed by atoms with Crippen LogP contribution in [0, 0.1) is 11.8 Å². The summed E-state index contributed by atoms with van der Waals surface area (Å²) in [5.74, 6) is 1.92. The maximum Gasteiger partial charge on any atom is 0.0584 e. The molecule has 0 radical (unpaired) electrons. The number of fused-ring (bicyclic) bond motifs is 2. The predicted octanol–water partition coefficient (Wildman–Crippen LogP) is 1.54. The highest BCUT2D eigenvalue weighted by Crippen LogP contribution is 2.44. The number of aliphatic hydroxyl groups excluding tert-OH is 1. The van der Waals surface area contributed by atoms with E-state index in [2.05, 4.69) is 12.2 Å². The summed E-state index contributed by atoms with van der Waals surface area (Å²) < 4.78 is 0. The van der Waals surface area contributed by atoms with Gasteiger partial charge >= 0.3 is 0 Å². The van der Waals surface area contributed by atoms with Gasteiger partial charge in [0.2, 0.25) is 0 Å². The molecule has 2 nitrogen and oxygen atoms in total. The van der Waals surface area contributed by atoms with Crippen LogP contribution in [0.5, 0.6) is 0 Å². The SMILES string of the molecule is CCC(CO)NC1CC2CCC1C2. The Hall–Kier alpha value is -0.0800. The van der Waals surface area contributed by atoms with E-state index < -0.39 is 0 Å². The molecule has 2 aliphatic carbocycles. The highest BCUT2D eigenvalue weighted by Gasteiger charge is 2.39. The van der Waals surface area contributed by atoms with Crippen LogP contribution in [0.15, 0.2) is 0 Å². The second-order valence-electron chi connectivity index (χ2n) is 4.74. The standard InChI is InChI=1S/C11H21NO/c1-2-10(7-13)12-11-6-8-3-4-9(11)5-8/h8-13H,2-7H2,1H3. The molecular weight excluding hydrogens is 162 g/mol. The first-order chi connectivity index (χ1) is 6.33. The van der Waals surface area contributed by atoms with E-state index in [1.807, 2.05) is 0 Å². The maximum atomic E-state index is 9.09. The molecule has 2 aliphatic rings. The molecule has 0 heterocycles. The molecule has 2 saturated carbocycles. The Labute approximate surface area is 80.7 Å². The van der Waals surface area contributed by atoms with E-state index in [4.69, 9.17) is 5.11 Å². The molecule has 0 spiro atoms. The van der Waals surface area contributed by atoms with Crippen LogP contribution in [-0.4, -0.2) is 23.8 Å². The van der Waals surface area contributed by atoms with Gasteiger partial charge in [0, 0.05) is 12.1 Å². The first kappa shape index (κ1) is 9.47. The van der Waals surface area contributed by atoms with Crippen molar-refractivity contribution in [2.45, 2.75) is 51.1 Å². The second kappa shape index (κ2) is 3.97. The molecule has 0 aliphatic heterocycles. The van der Waals surface area contributed by atoms with Crippen LogP contribution in [0.3, 0.4) is 0 Å². The molecule has 2 fully saturated rings. The highest BCUT2D eigenvalue weighted by molar-refractivity contribution is 4.95. The Morgan fingerprint density at radius 3 is 2.69 bits per heavy atom. The van der Waals surface area contributed by atoms with Crippen LogP contribution in [0.25, 0.3) is 0 Å². The number of aliphatic hydroxyl groups is 1. The third-order valence-electron chi connectivity index (χ3n) is 3.90. The lowest BCUT2D eigenvalue weighted by atomic mass is 9.94. The van der Waals surface area contributed by atoms with Crippen molar-refractivity contribution in [3.8, 4) is 0 Å². The predicted molar refractivity (Wildman–Crippen MR) is 53.5 cm³/mol. The van der Waals surface area contributed by atoms with Crippen LogP contribution in [-0.2, 0) is 0 Å². The normalized spacial score (nSPS) is 39.7. The van der Waals surface area contributed by atoms with Gasteiger partial charge in [0.25, 0.3) is 0 Å². The summed E-state index contributed by atoms with van der Waals surface area (Å²) in [4.78, 5) is 0. The van der Waals surface area contributed by atoms with Crippen molar-refractivity contribution in [1.82, 2.24) is 5.32 Å². The van der Waals surface area contributed by atoms with E-state index in [-0.39, 0.29) is 0 Å². The van der Waals surface area contributed by atoms with Crippen LogP contribution < -0.4 is 5.32 Å². The zero-order valence-electron chi connectivity index (χ0n) is 8.50.